The summed E-state index contributed by atoms with van der Waals surface area (Å²) in [5.74, 6) is 0.273. The number of rotatable bonds is 6. The first-order chi connectivity index (χ1) is 10.2. The van der Waals surface area contributed by atoms with Gasteiger partial charge in [0.15, 0.2) is 5.69 Å². The standard InChI is InChI=1S/C15H20N4O2/c1-3-7-11-13(16)14(19-18-11)15(20)17-10-8-5-6-9-12(10)21-4-2/h5-6,8-9H,3-4,7,16H2,1-2H3,(H,17,20)(H,18,19). The maximum atomic E-state index is 12.3. The third-order valence-corrected chi connectivity index (χ3v) is 3.03. The first-order valence-electron chi connectivity index (χ1n) is 7.03. The highest BCUT2D eigenvalue weighted by Gasteiger charge is 2.18. The number of para-hydroxylation sites is 2. The number of nitrogens with one attached hydrogen (secondary N) is 2. The van der Waals surface area contributed by atoms with Crippen LogP contribution in [-0.2, 0) is 6.42 Å². The van der Waals surface area contributed by atoms with Crippen LogP contribution in [0.2, 0.25) is 0 Å². The van der Waals surface area contributed by atoms with Crippen molar-refractivity contribution in [2.24, 2.45) is 0 Å². The fraction of sp³-hybridized carbons (Fsp3) is 0.333. The Labute approximate surface area is 123 Å². The van der Waals surface area contributed by atoms with Gasteiger partial charge in [-0.1, -0.05) is 25.5 Å². The fourth-order valence-electron chi connectivity index (χ4n) is 2.03. The molecule has 4 N–H and O–H groups in total. The molecule has 0 aliphatic rings. The number of hydrogen-bond acceptors (Lipinski definition) is 4. The molecular formula is C15H20N4O2. The number of nitrogens with two attached hydrogens (primary N) is 1. The van der Waals surface area contributed by atoms with Crippen LogP contribution in [0.1, 0.15) is 36.5 Å². The minimum absolute atomic E-state index is 0.213. The Morgan fingerprint density at radius 2 is 2.14 bits per heavy atom. The number of anilines is 2. The van der Waals surface area contributed by atoms with Crippen molar-refractivity contribution in [3.8, 4) is 5.75 Å². The topological polar surface area (TPSA) is 93.0 Å². The Bertz CT molecular complexity index is 622. The molecule has 1 heterocycles. The van der Waals surface area contributed by atoms with Gasteiger partial charge in [-0.2, -0.15) is 5.10 Å². The molecule has 1 aromatic carbocycles. The number of carbonyl (C=O) groups excluding carboxylic acids is 1. The van der Waals surface area contributed by atoms with E-state index in [0.29, 0.717) is 23.7 Å². The quantitative estimate of drug-likeness (QED) is 0.761. The summed E-state index contributed by atoms with van der Waals surface area (Å²) >= 11 is 0. The zero-order valence-corrected chi connectivity index (χ0v) is 12.3. The van der Waals surface area contributed by atoms with Gasteiger partial charge in [-0.25, -0.2) is 0 Å². The summed E-state index contributed by atoms with van der Waals surface area (Å²) < 4.78 is 5.47. The molecular weight excluding hydrogens is 268 g/mol. The molecule has 2 rings (SSSR count). The molecule has 0 fully saturated rings. The first-order valence-corrected chi connectivity index (χ1v) is 7.03. The molecule has 6 nitrogen and oxygen atoms in total. The van der Waals surface area contributed by atoms with Crippen LogP contribution in [0.5, 0.6) is 5.75 Å². The van der Waals surface area contributed by atoms with E-state index in [9.17, 15) is 4.79 Å². The van der Waals surface area contributed by atoms with Gasteiger partial charge in [0.1, 0.15) is 5.75 Å². The van der Waals surface area contributed by atoms with E-state index in [4.69, 9.17) is 10.5 Å². The second kappa shape index (κ2) is 6.78. The normalized spacial score (nSPS) is 10.4. The Balaban J connectivity index is 2.18. The van der Waals surface area contributed by atoms with E-state index < -0.39 is 0 Å². The molecule has 2 aromatic rings. The van der Waals surface area contributed by atoms with Gasteiger partial charge in [0.25, 0.3) is 5.91 Å². The number of hydrogen-bond donors (Lipinski definition) is 3. The van der Waals surface area contributed by atoms with Gasteiger partial charge in [-0.3, -0.25) is 9.89 Å². The number of carbonyl (C=O) groups is 1. The molecule has 0 aliphatic heterocycles. The van der Waals surface area contributed by atoms with Crippen LogP contribution in [0.25, 0.3) is 0 Å². The monoisotopic (exact) mass is 288 g/mol. The van der Waals surface area contributed by atoms with Crippen LogP contribution in [0.3, 0.4) is 0 Å². The highest BCUT2D eigenvalue weighted by Crippen LogP contribution is 2.25. The van der Waals surface area contributed by atoms with E-state index in [1.165, 1.54) is 0 Å². The highest BCUT2D eigenvalue weighted by atomic mass is 16.5. The number of aryl methyl sites for hydroxylation is 1. The lowest BCUT2D eigenvalue weighted by Crippen LogP contribution is -2.15. The molecule has 0 aliphatic carbocycles. The van der Waals surface area contributed by atoms with Crippen molar-refractivity contribution in [1.29, 1.82) is 0 Å². The fourth-order valence-corrected chi connectivity index (χ4v) is 2.03. The molecule has 0 spiro atoms. The van der Waals surface area contributed by atoms with Gasteiger partial charge in [-0.15, -0.1) is 0 Å². The number of ether oxygens (including phenoxy) is 1. The number of nitrogen functional groups attached to an aromatic ring is 1. The van der Waals surface area contributed by atoms with Gasteiger partial charge >= 0.3 is 0 Å². The summed E-state index contributed by atoms with van der Waals surface area (Å²) in [5.41, 5.74) is 7.97. The second-order valence-corrected chi connectivity index (χ2v) is 4.60. The third-order valence-electron chi connectivity index (χ3n) is 3.03. The Hall–Kier alpha value is -2.50. The van der Waals surface area contributed by atoms with Crippen molar-refractivity contribution in [1.82, 2.24) is 10.2 Å². The predicted octanol–water partition coefficient (Wildman–Crippen LogP) is 2.60. The lowest BCUT2D eigenvalue weighted by atomic mass is 10.2. The average molecular weight is 288 g/mol. The lowest BCUT2D eigenvalue weighted by molar-refractivity contribution is 0.102. The maximum Gasteiger partial charge on any atom is 0.278 e. The highest BCUT2D eigenvalue weighted by molar-refractivity contribution is 6.07. The molecule has 1 aromatic heterocycles. The van der Waals surface area contributed by atoms with Gasteiger partial charge in [0.2, 0.25) is 0 Å². The number of H-pyrrole nitrogens is 1. The summed E-state index contributed by atoms with van der Waals surface area (Å²) in [6.45, 7) is 4.46. The number of amides is 1. The number of aromatic nitrogens is 2. The smallest absolute Gasteiger partial charge is 0.278 e. The van der Waals surface area contributed by atoms with Crippen molar-refractivity contribution in [3.05, 3.63) is 35.7 Å². The van der Waals surface area contributed by atoms with Gasteiger partial charge in [0.05, 0.1) is 23.7 Å². The second-order valence-electron chi connectivity index (χ2n) is 4.60. The van der Waals surface area contributed by atoms with Crippen LogP contribution in [-0.4, -0.2) is 22.7 Å². The molecule has 0 saturated carbocycles. The molecule has 0 radical (unpaired) electrons. The third kappa shape index (κ3) is 3.34. The summed E-state index contributed by atoms with van der Waals surface area (Å²) in [6.07, 6.45) is 1.70. The van der Waals surface area contributed by atoms with Gasteiger partial charge in [0, 0.05) is 0 Å². The minimum atomic E-state index is -0.349. The summed E-state index contributed by atoms with van der Waals surface area (Å²) in [4.78, 5) is 12.3. The molecule has 1 amide bonds. The largest absolute Gasteiger partial charge is 0.492 e. The van der Waals surface area contributed by atoms with Gasteiger partial charge < -0.3 is 15.8 Å². The minimum Gasteiger partial charge on any atom is -0.492 e. The van der Waals surface area contributed by atoms with E-state index in [0.717, 1.165) is 18.5 Å². The first kappa shape index (κ1) is 14.9. The number of aromatic amines is 1. The van der Waals surface area contributed by atoms with Gasteiger partial charge in [-0.05, 0) is 25.5 Å². The van der Waals surface area contributed by atoms with E-state index in [1.807, 2.05) is 26.0 Å². The predicted molar refractivity (Wildman–Crippen MR) is 82.6 cm³/mol. The molecule has 112 valence electrons. The Kier molecular flexibility index (Phi) is 4.81. The SMILES string of the molecule is CCCc1[nH]nc(C(=O)Nc2ccccc2OCC)c1N. The van der Waals surface area contributed by atoms with E-state index >= 15 is 0 Å². The molecule has 21 heavy (non-hydrogen) atoms. The molecule has 6 heteroatoms. The van der Waals surface area contributed by atoms with E-state index in [-0.39, 0.29) is 11.6 Å². The summed E-state index contributed by atoms with van der Waals surface area (Å²) in [5, 5.41) is 9.60. The van der Waals surface area contributed by atoms with E-state index in [1.54, 1.807) is 12.1 Å². The zero-order chi connectivity index (χ0) is 15.2. The van der Waals surface area contributed by atoms with Crippen LogP contribution in [0.4, 0.5) is 11.4 Å². The average Bonchev–Trinajstić information content (AvgIpc) is 2.83. The van der Waals surface area contributed by atoms with Crippen molar-refractivity contribution in [3.63, 3.8) is 0 Å². The zero-order valence-electron chi connectivity index (χ0n) is 12.3. The lowest BCUT2D eigenvalue weighted by Gasteiger charge is -2.10. The number of benzene rings is 1. The maximum absolute atomic E-state index is 12.3. The van der Waals surface area contributed by atoms with Crippen molar-refractivity contribution in [2.75, 3.05) is 17.7 Å². The van der Waals surface area contributed by atoms with Crippen molar-refractivity contribution >= 4 is 17.3 Å². The molecule has 0 bridgehead atoms. The van der Waals surface area contributed by atoms with Crippen LogP contribution in [0, 0.1) is 0 Å². The van der Waals surface area contributed by atoms with Crippen molar-refractivity contribution in [2.45, 2.75) is 26.7 Å². The van der Waals surface area contributed by atoms with Crippen molar-refractivity contribution < 1.29 is 9.53 Å². The van der Waals surface area contributed by atoms with Crippen LogP contribution >= 0.6 is 0 Å². The molecule has 0 atom stereocenters. The van der Waals surface area contributed by atoms with Crippen LogP contribution < -0.4 is 15.8 Å². The molecule has 0 unspecified atom stereocenters. The Morgan fingerprint density at radius 1 is 1.38 bits per heavy atom. The molecule has 0 saturated heterocycles. The summed E-state index contributed by atoms with van der Waals surface area (Å²) in [6, 6.07) is 7.26. The Morgan fingerprint density at radius 3 is 2.86 bits per heavy atom. The van der Waals surface area contributed by atoms with Crippen LogP contribution in [0.15, 0.2) is 24.3 Å². The number of nitrogens with zero attached hydrogens (tertiary/aromatic N) is 1. The summed E-state index contributed by atoms with van der Waals surface area (Å²) in [7, 11) is 0. The van der Waals surface area contributed by atoms with E-state index in [2.05, 4.69) is 15.5 Å².